The van der Waals surface area contributed by atoms with Crippen LogP contribution >= 0.6 is 0 Å². The Bertz CT molecular complexity index is 753. The number of fused-ring (bicyclic) bond motifs is 1. The number of hydrogen-bond donors (Lipinski definition) is 2. The largest absolute Gasteiger partial charge is 0.329 e. The van der Waals surface area contributed by atoms with Crippen molar-refractivity contribution < 1.29 is 8.42 Å². The Morgan fingerprint density at radius 2 is 2.05 bits per heavy atom. The number of nitrogens with zero attached hydrogens (tertiary/aromatic N) is 1. The first-order valence-corrected chi connectivity index (χ1v) is 8.40. The van der Waals surface area contributed by atoms with Crippen LogP contribution in [-0.2, 0) is 10.0 Å². The molecule has 1 heterocycles. The van der Waals surface area contributed by atoms with Crippen LogP contribution < -0.4 is 10.5 Å². The minimum atomic E-state index is -3.66. The van der Waals surface area contributed by atoms with Crippen molar-refractivity contribution in [1.82, 2.24) is 9.71 Å². The first kappa shape index (κ1) is 15.9. The van der Waals surface area contributed by atoms with Crippen molar-refractivity contribution in [3.05, 3.63) is 36.0 Å². The van der Waals surface area contributed by atoms with Crippen LogP contribution in [0.25, 0.3) is 10.9 Å². The van der Waals surface area contributed by atoms with Crippen molar-refractivity contribution in [3.63, 3.8) is 0 Å². The first-order valence-electron chi connectivity index (χ1n) is 6.91. The average molecular weight is 307 g/mol. The van der Waals surface area contributed by atoms with Crippen LogP contribution in [0.1, 0.15) is 25.8 Å². The van der Waals surface area contributed by atoms with E-state index in [1.165, 1.54) is 0 Å². The molecule has 21 heavy (non-hydrogen) atoms. The number of nitrogens with two attached hydrogens (primary N) is 1. The summed E-state index contributed by atoms with van der Waals surface area (Å²) in [4.78, 5) is 4.51. The Morgan fingerprint density at radius 1 is 1.33 bits per heavy atom. The number of hydrogen-bond acceptors (Lipinski definition) is 4. The number of rotatable bonds is 5. The molecule has 1 aromatic carbocycles. The van der Waals surface area contributed by atoms with E-state index in [4.69, 9.17) is 5.73 Å². The quantitative estimate of drug-likeness (QED) is 0.884. The molecule has 0 fully saturated rings. The lowest BCUT2D eigenvalue weighted by Gasteiger charge is -2.27. The van der Waals surface area contributed by atoms with E-state index >= 15 is 0 Å². The van der Waals surface area contributed by atoms with Gasteiger partial charge in [-0.3, -0.25) is 4.98 Å². The van der Waals surface area contributed by atoms with Crippen LogP contribution in [0.3, 0.4) is 0 Å². The van der Waals surface area contributed by atoms with Crippen LogP contribution in [0.15, 0.2) is 35.4 Å². The first-order chi connectivity index (χ1) is 9.83. The van der Waals surface area contributed by atoms with Crippen LogP contribution in [0.5, 0.6) is 0 Å². The molecule has 0 radical (unpaired) electrons. The van der Waals surface area contributed by atoms with Gasteiger partial charge in [0, 0.05) is 23.7 Å². The number of sulfonamides is 1. The molecule has 0 bridgehead atoms. The van der Waals surface area contributed by atoms with Crippen molar-refractivity contribution in [2.24, 2.45) is 5.73 Å². The van der Waals surface area contributed by atoms with E-state index in [0.29, 0.717) is 17.3 Å². The molecule has 3 N–H and O–H groups in total. The molecule has 0 amide bonds. The molecule has 1 unspecified atom stereocenters. The lowest BCUT2D eigenvalue weighted by Crippen LogP contribution is -2.50. The normalized spacial score (nSPS) is 15.0. The second kappa shape index (κ2) is 5.71. The fraction of sp³-hybridized carbons (Fsp3) is 0.400. The highest BCUT2D eigenvalue weighted by Crippen LogP contribution is 2.25. The number of aryl methyl sites for hydroxylation is 1. The third kappa shape index (κ3) is 3.07. The Labute approximate surface area is 125 Å². The monoisotopic (exact) mass is 307 g/mol. The second-order valence-electron chi connectivity index (χ2n) is 5.50. The van der Waals surface area contributed by atoms with Gasteiger partial charge in [0.15, 0.2) is 0 Å². The van der Waals surface area contributed by atoms with Crippen molar-refractivity contribution in [2.45, 2.75) is 37.6 Å². The fourth-order valence-electron chi connectivity index (χ4n) is 2.16. The van der Waals surface area contributed by atoms with E-state index in [0.717, 1.165) is 5.56 Å². The van der Waals surface area contributed by atoms with Gasteiger partial charge in [0.2, 0.25) is 10.0 Å². The zero-order valence-corrected chi connectivity index (χ0v) is 13.4. The fourth-order valence-corrected chi connectivity index (χ4v) is 3.85. The third-order valence-electron chi connectivity index (χ3n) is 3.83. The van der Waals surface area contributed by atoms with Crippen LogP contribution in [0.2, 0.25) is 0 Å². The third-order valence-corrected chi connectivity index (χ3v) is 5.53. The number of aromatic nitrogens is 1. The highest BCUT2D eigenvalue weighted by atomic mass is 32.2. The Hall–Kier alpha value is -1.50. The molecule has 1 aromatic heterocycles. The van der Waals surface area contributed by atoms with Gasteiger partial charge in [-0.2, -0.15) is 0 Å². The summed E-state index contributed by atoms with van der Waals surface area (Å²) in [6.45, 7) is 5.86. The van der Waals surface area contributed by atoms with E-state index in [-0.39, 0.29) is 11.4 Å². The molecule has 6 heteroatoms. The molecule has 0 aliphatic carbocycles. The summed E-state index contributed by atoms with van der Waals surface area (Å²) in [7, 11) is -3.66. The van der Waals surface area contributed by atoms with Crippen LogP contribution in [0, 0.1) is 6.92 Å². The maximum atomic E-state index is 12.7. The lowest BCUT2D eigenvalue weighted by atomic mass is 10.0. The van der Waals surface area contributed by atoms with Gasteiger partial charge in [-0.05, 0) is 44.0 Å². The number of benzene rings is 1. The molecule has 0 saturated carbocycles. The second-order valence-corrected chi connectivity index (χ2v) is 7.15. The van der Waals surface area contributed by atoms with Gasteiger partial charge in [-0.1, -0.05) is 13.0 Å². The lowest BCUT2D eigenvalue weighted by molar-refractivity contribution is 0.411. The minimum absolute atomic E-state index is 0.240. The van der Waals surface area contributed by atoms with Crippen molar-refractivity contribution in [1.29, 1.82) is 0 Å². The molecular formula is C15H21N3O2S. The van der Waals surface area contributed by atoms with Crippen molar-refractivity contribution in [3.8, 4) is 0 Å². The molecule has 114 valence electrons. The Balaban J connectivity index is 2.59. The van der Waals surface area contributed by atoms with E-state index in [1.54, 1.807) is 37.4 Å². The predicted molar refractivity (Wildman–Crippen MR) is 84.6 cm³/mol. The van der Waals surface area contributed by atoms with Crippen LogP contribution in [0.4, 0.5) is 0 Å². The summed E-state index contributed by atoms with van der Waals surface area (Å²) >= 11 is 0. The van der Waals surface area contributed by atoms with E-state index in [2.05, 4.69) is 9.71 Å². The average Bonchev–Trinajstić information content (AvgIpc) is 2.47. The standard InChI is InChI=1S/C15H21N3O2S/c1-4-15(3,10-16)18-21(19,20)13-8-7-11(2)14-12(13)6-5-9-17-14/h5-9,18H,4,10,16H2,1-3H3. The molecule has 2 aromatic rings. The summed E-state index contributed by atoms with van der Waals surface area (Å²) in [6, 6.07) is 6.91. The van der Waals surface area contributed by atoms with Gasteiger partial charge in [0.25, 0.3) is 0 Å². The summed E-state index contributed by atoms with van der Waals surface area (Å²) in [6.07, 6.45) is 2.28. The summed E-state index contributed by atoms with van der Waals surface area (Å²) in [5.41, 5.74) is 6.69. The molecule has 2 rings (SSSR count). The zero-order valence-electron chi connectivity index (χ0n) is 12.6. The minimum Gasteiger partial charge on any atom is -0.329 e. The summed E-state index contributed by atoms with van der Waals surface area (Å²) in [5, 5.41) is 0.625. The zero-order chi connectivity index (χ0) is 15.7. The predicted octanol–water partition coefficient (Wildman–Crippen LogP) is 1.95. The number of nitrogens with one attached hydrogen (secondary N) is 1. The smallest absolute Gasteiger partial charge is 0.241 e. The van der Waals surface area contributed by atoms with Gasteiger partial charge in [0.1, 0.15) is 0 Å². The van der Waals surface area contributed by atoms with Gasteiger partial charge < -0.3 is 5.73 Å². The van der Waals surface area contributed by atoms with Gasteiger partial charge in [-0.15, -0.1) is 0 Å². The maximum Gasteiger partial charge on any atom is 0.241 e. The highest BCUT2D eigenvalue weighted by Gasteiger charge is 2.29. The number of pyridine rings is 1. The SMILES string of the molecule is CCC(C)(CN)NS(=O)(=O)c1ccc(C)c2ncccc12. The van der Waals surface area contributed by atoms with Crippen LogP contribution in [-0.4, -0.2) is 25.5 Å². The molecule has 0 saturated heterocycles. The summed E-state index contributed by atoms with van der Waals surface area (Å²) < 4.78 is 28.1. The summed E-state index contributed by atoms with van der Waals surface area (Å²) in [5.74, 6) is 0. The van der Waals surface area contributed by atoms with Gasteiger partial charge >= 0.3 is 0 Å². The van der Waals surface area contributed by atoms with Gasteiger partial charge in [-0.25, -0.2) is 13.1 Å². The Kier molecular flexibility index (Phi) is 4.32. The molecule has 5 nitrogen and oxygen atoms in total. The maximum absolute atomic E-state index is 12.7. The van der Waals surface area contributed by atoms with Crippen molar-refractivity contribution >= 4 is 20.9 Å². The topological polar surface area (TPSA) is 85.1 Å². The molecule has 0 spiro atoms. The molecule has 0 aliphatic rings. The molecular weight excluding hydrogens is 286 g/mol. The molecule has 1 atom stereocenters. The Morgan fingerprint density at radius 3 is 2.67 bits per heavy atom. The van der Waals surface area contributed by atoms with E-state index in [9.17, 15) is 8.42 Å². The molecule has 0 aliphatic heterocycles. The van der Waals surface area contributed by atoms with E-state index in [1.807, 2.05) is 13.8 Å². The van der Waals surface area contributed by atoms with Gasteiger partial charge in [0.05, 0.1) is 10.4 Å². The highest BCUT2D eigenvalue weighted by molar-refractivity contribution is 7.89. The van der Waals surface area contributed by atoms with Crippen molar-refractivity contribution in [2.75, 3.05) is 6.54 Å². The van der Waals surface area contributed by atoms with E-state index < -0.39 is 15.6 Å².